The van der Waals surface area contributed by atoms with Crippen molar-refractivity contribution in [3.05, 3.63) is 58.9 Å². The zero-order valence-electron chi connectivity index (χ0n) is 13.9. The molecule has 1 amide bonds. The van der Waals surface area contributed by atoms with E-state index in [1.165, 1.54) is 0 Å². The number of aromatic nitrogens is 2. The van der Waals surface area contributed by atoms with Gasteiger partial charge in [-0.15, -0.1) is 0 Å². The summed E-state index contributed by atoms with van der Waals surface area (Å²) in [6.45, 7) is 8.09. The molecule has 0 fully saturated rings. The van der Waals surface area contributed by atoms with Gasteiger partial charge in [-0.3, -0.25) is 9.89 Å². The minimum absolute atomic E-state index is 0.0796. The van der Waals surface area contributed by atoms with E-state index in [0.29, 0.717) is 5.69 Å². The van der Waals surface area contributed by atoms with Gasteiger partial charge in [-0.05, 0) is 24.1 Å². The first kappa shape index (κ1) is 16.7. The quantitative estimate of drug-likeness (QED) is 0.670. The molecule has 0 aliphatic rings. The van der Waals surface area contributed by atoms with E-state index in [4.69, 9.17) is 0 Å². The van der Waals surface area contributed by atoms with Gasteiger partial charge >= 0.3 is 0 Å². The van der Waals surface area contributed by atoms with Crippen molar-refractivity contribution < 1.29 is 4.79 Å². The van der Waals surface area contributed by atoms with Crippen molar-refractivity contribution in [2.45, 2.75) is 33.1 Å². The predicted molar refractivity (Wildman–Crippen MR) is 93.3 cm³/mol. The van der Waals surface area contributed by atoms with Crippen LogP contribution in [0.15, 0.2) is 47.1 Å². The first-order valence-corrected chi connectivity index (χ1v) is 7.49. The van der Waals surface area contributed by atoms with Gasteiger partial charge in [0.05, 0.1) is 6.21 Å². The van der Waals surface area contributed by atoms with Crippen molar-refractivity contribution >= 4 is 18.2 Å². The largest absolute Gasteiger partial charge is 0.291 e. The van der Waals surface area contributed by atoms with Crippen LogP contribution in [0.1, 0.15) is 49.4 Å². The topological polar surface area (TPSA) is 70.1 Å². The fourth-order valence-electron chi connectivity index (χ4n) is 1.92. The van der Waals surface area contributed by atoms with Gasteiger partial charge in [-0.25, -0.2) is 5.43 Å². The molecular weight excluding hydrogens is 288 g/mol. The molecule has 1 aromatic carbocycles. The van der Waals surface area contributed by atoms with E-state index in [1.807, 2.05) is 43.3 Å². The minimum atomic E-state index is -0.333. The van der Waals surface area contributed by atoms with Gasteiger partial charge in [0.15, 0.2) is 5.69 Å². The Morgan fingerprint density at radius 1 is 1.26 bits per heavy atom. The second-order valence-corrected chi connectivity index (χ2v) is 6.42. The van der Waals surface area contributed by atoms with Crippen molar-refractivity contribution in [1.29, 1.82) is 0 Å². The number of aromatic amines is 1. The van der Waals surface area contributed by atoms with Gasteiger partial charge < -0.3 is 0 Å². The maximum atomic E-state index is 12.0. The Morgan fingerprint density at radius 2 is 1.96 bits per heavy atom. The smallest absolute Gasteiger partial charge is 0.281 e. The number of rotatable bonds is 4. The van der Waals surface area contributed by atoms with Gasteiger partial charge in [-0.2, -0.15) is 10.2 Å². The average Bonchev–Trinajstić information content (AvgIpc) is 2.98. The summed E-state index contributed by atoms with van der Waals surface area (Å²) >= 11 is 0. The zero-order valence-corrected chi connectivity index (χ0v) is 13.9. The van der Waals surface area contributed by atoms with Crippen LogP contribution in [-0.4, -0.2) is 22.3 Å². The van der Waals surface area contributed by atoms with Gasteiger partial charge in [0.25, 0.3) is 5.91 Å². The van der Waals surface area contributed by atoms with Crippen molar-refractivity contribution in [1.82, 2.24) is 15.6 Å². The third kappa shape index (κ3) is 4.92. The molecule has 0 unspecified atom stereocenters. The summed E-state index contributed by atoms with van der Waals surface area (Å²) in [5, 5.41) is 10.9. The minimum Gasteiger partial charge on any atom is -0.281 e. The van der Waals surface area contributed by atoms with Crippen molar-refractivity contribution in [3.63, 3.8) is 0 Å². The number of hydrogen-bond donors (Lipinski definition) is 2. The molecule has 2 rings (SSSR count). The summed E-state index contributed by atoms with van der Waals surface area (Å²) in [6.07, 6.45) is 3.60. The Morgan fingerprint density at radius 3 is 2.57 bits per heavy atom. The van der Waals surface area contributed by atoms with E-state index in [0.717, 1.165) is 16.8 Å². The molecule has 5 heteroatoms. The lowest BCUT2D eigenvalue weighted by Crippen LogP contribution is -2.18. The number of hydrazone groups is 1. The second-order valence-electron chi connectivity index (χ2n) is 6.42. The first-order valence-electron chi connectivity index (χ1n) is 7.49. The fourth-order valence-corrected chi connectivity index (χ4v) is 1.92. The highest BCUT2D eigenvalue weighted by molar-refractivity contribution is 5.93. The van der Waals surface area contributed by atoms with E-state index in [1.54, 1.807) is 12.3 Å². The second kappa shape index (κ2) is 7.05. The molecule has 0 saturated heterocycles. The summed E-state index contributed by atoms with van der Waals surface area (Å²) in [5.74, 6) is -0.333. The molecule has 0 spiro atoms. The van der Waals surface area contributed by atoms with E-state index in [-0.39, 0.29) is 11.3 Å². The average molecular weight is 310 g/mol. The van der Waals surface area contributed by atoms with Gasteiger partial charge in [0, 0.05) is 11.1 Å². The summed E-state index contributed by atoms with van der Waals surface area (Å²) in [7, 11) is 0. The van der Waals surface area contributed by atoms with E-state index >= 15 is 0 Å². The summed E-state index contributed by atoms with van der Waals surface area (Å²) in [5.41, 5.74) is 5.67. The standard InChI is InChI=1S/C18H22N4O/c1-13(10-14-8-6-5-7-9-14)12-19-22-17(23)15-11-16(21-20-15)18(2,3)4/h5-12H,1-4H3,(H,20,21)(H,22,23)/b13-10+,19-12-. The molecule has 1 aromatic heterocycles. The molecule has 0 aliphatic heterocycles. The van der Waals surface area contributed by atoms with Crippen LogP contribution in [0.5, 0.6) is 0 Å². The Balaban J connectivity index is 1.96. The lowest BCUT2D eigenvalue weighted by Gasteiger charge is -2.14. The van der Waals surface area contributed by atoms with E-state index < -0.39 is 0 Å². The Labute approximate surface area is 136 Å². The normalized spacial score (nSPS) is 12.6. The molecule has 0 saturated carbocycles. The Bertz CT molecular complexity index is 721. The number of carbonyl (C=O) groups excluding carboxylic acids is 1. The van der Waals surface area contributed by atoms with Gasteiger partial charge in [-0.1, -0.05) is 57.2 Å². The lowest BCUT2D eigenvalue weighted by atomic mass is 9.92. The lowest BCUT2D eigenvalue weighted by molar-refractivity contribution is 0.0950. The van der Waals surface area contributed by atoms with Crippen LogP contribution in [-0.2, 0) is 5.41 Å². The predicted octanol–water partition coefficient (Wildman–Crippen LogP) is 3.53. The third-order valence-corrected chi connectivity index (χ3v) is 3.25. The molecule has 2 aromatic rings. The molecule has 120 valence electrons. The molecule has 5 nitrogen and oxygen atoms in total. The molecule has 0 radical (unpaired) electrons. The highest BCUT2D eigenvalue weighted by atomic mass is 16.2. The highest BCUT2D eigenvalue weighted by Crippen LogP contribution is 2.20. The van der Waals surface area contributed by atoms with Crippen LogP contribution in [0, 0.1) is 0 Å². The first-order chi connectivity index (χ1) is 10.9. The number of nitrogens with one attached hydrogen (secondary N) is 2. The summed E-state index contributed by atoms with van der Waals surface area (Å²) < 4.78 is 0. The monoisotopic (exact) mass is 310 g/mol. The van der Waals surface area contributed by atoms with Crippen LogP contribution in [0.3, 0.4) is 0 Å². The van der Waals surface area contributed by atoms with Crippen molar-refractivity contribution in [2.75, 3.05) is 0 Å². The highest BCUT2D eigenvalue weighted by Gasteiger charge is 2.18. The Kier molecular flexibility index (Phi) is 5.11. The molecule has 0 bridgehead atoms. The fraction of sp³-hybridized carbons (Fsp3) is 0.278. The van der Waals surface area contributed by atoms with Crippen molar-refractivity contribution in [2.24, 2.45) is 5.10 Å². The molecule has 0 aliphatic carbocycles. The van der Waals surface area contributed by atoms with E-state index in [9.17, 15) is 4.79 Å². The van der Waals surface area contributed by atoms with Gasteiger partial charge in [0.2, 0.25) is 0 Å². The number of hydrogen-bond acceptors (Lipinski definition) is 3. The summed E-state index contributed by atoms with van der Waals surface area (Å²) in [4.78, 5) is 12.0. The zero-order chi connectivity index (χ0) is 16.9. The number of amides is 1. The number of carbonyl (C=O) groups is 1. The molecule has 0 atom stereocenters. The van der Waals surface area contributed by atoms with Crippen LogP contribution in [0.4, 0.5) is 0 Å². The molecular formula is C18H22N4O. The summed E-state index contributed by atoms with van der Waals surface area (Å²) in [6, 6.07) is 11.7. The van der Waals surface area contributed by atoms with E-state index in [2.05, 4.69) is 41.5 Å². The Hall–Kier alpha value is -2.69. The maximum Gasteiger partial charge on any atom is 0.291 e. The maximum absolute atomic E-state index is 12.0. The van der Waals surface area contributed by atoms with Crippen LogP contribution in [0.2, 0.25) is 0 Å². The number of H-pyrrole nitrogens is 1. The number of allylic oxidation sites excluding steroid dienone is 1. The van der Waals surface area contributed by atoms with Crippen molar-refractivity contribution in [3.8, 4) is 0 Å². The number of nitrogens with zero attached hydrogens (tertiary/aromatic N) is 2. The number of benzene rings is 1. The molecule has 2 N–H and O–H groups in total. The molecule has 1 heterocycles. The molecule has 23 heavy (non-hydrogen) atoms. The third-order valence-electron chi connectivity index (χ3n) is 3.25. The van der Waals surface area contributed by atoms with Crippen LogP contribution >= 0.6 is 0 Å². The SMILES string of the molecule is CC(/C=N\NC(=O)c1cc(C(C)(C)C)[nH]n1)=C\c1ccccc1. The van der Waals surface area contributed by atoms with Crippen LogP contribution in [0.25, 0.3) is 6.08 Å². The van der Waals surface area contributed by atoms with Gasteiger partial charge in [0.1, 0.15) is 0 Å². The van der Waals surface area contributed by atoms with Crippen LogP contribution < -0.4 is 5.43 Å².